The highest BCUT2D eigenvalue weighted by Crippen LogP contribution is 2.14. The minimum Gasteiger partial charge on any atom is -0.480 e. The van der Waals surface area contributed by atoms with Gasteiger partial charge in [-0.3, -0.25) is 9.48 Å². The monoisotopic (exact) mass is 247 g/mol. The lowest BCUT2D eigenvalue weighted by Gasteiger charge is -2.07. The molecule has 0 saturated heterocycles. The van der Waals surface area contributed by atoms with Crippen LogP contribution in [0.15, 0.2) is 10.8 Å². The number of hydrogen-bond donors (Lipinski definition) is 2. The topological polar surface area (TPSA) is 81.1 Å². The van der Waals surface area contributed by atoms with Crippen LogP contribution < -0.4 is 5.73 Å². The summed E-state index contributed by atoms with van der Waals surface area (Å²) in [6.07, 6.45) is 1.65. The van der Waals surface area contributed by atoms with Gasteiger partial charge in [-0.25, -0.2) is 0 Å². The van der Waals surface area contributed by atoms with E-state index in [-0.39, 0.29) is 6.54 Å². The molecule has 13 heavy (non-hydrogen) atoms. The first kappa shape index (κ1) is 10.2. The van der Waals surface area contributed by atoms with Gasteiger partial charge in [0.25, 0.3) is 0 Å². The molecule has 3 N–H and O–H groups in total. The maximum atomic E-state index is 10.4. The molecule has 1 rings (SSSR count). The fourth-order valence-corrected chi connectivity index (χ4v) is 1.19. The molecule has 0 fully saturated rings. The van der Waals surface area contributed by atoms with E-state index in [4.69, 9.17) is 10.8 Å². The summed E-state index contributed by atoms with van der Waals surface area (Å²) in [7, 11) is 0. The summed E-state index contributed by atoms with van der Waals surface area (Å²) in [5.41, 5.74) is 6.30. The van der Waals surface area contributed by atoms with Crippen molar-refractivity contribution in [3.05, 3.63) is 16.4 Å². The smallest absolute Gasteiger partial charge is 0.322 e. The second-order valence-electron chi connectivity index (χ2n) is 2.75. The predicted octanol–water partition coefficient (Wildman–Crippen LogP) is 0.366. The van der Waals surface area contributed by atoms with E-state index in [1.807, 2.05) is 6.92 Å². The minimum absolute atomic E-state index is 0.170. The molecule has 0 aliphatic heterocycles. The van der Waals surface area contributed by atoms with Crippen LogP contribution in [0.2, 0.25) is 0 Å². The normalized spacial score (nSPS) is 12.8. The van der Waals surface area contributed by atoms with Crippen LogP contribution in [0.1, 0.15) is 5.56 Å². The van der Waals surface area contributed by atoms with E-state index in [0.717, 1.165) is 10.2 Å². The van der Waals surface area contributed by atoms with Gasteiger partial charge in [0, 0.05) is 5.56 Å². The van der Waals surface area contributed by atoms with Crippen molar-refractivity contribution >= 4 is 21.9 Å². The number of carboxylic acids is 1. The van der Waals surface area contributed by atoms with Crippen LogP contribution in [-0.2, 0) is 11.3 Å². The predicted molar refractivity (Wildman–Crippen MR) is 50.3 cm³/mol. The summed E-state index contributed by atoms with van der Waals surface area (Å²) in [5.74, 6) is -1.03. The van der Waals surface area contributed by atoms with Crippen LogP contribution in [0, 0.1) is 6.92 Å². The zero-order chi connectivity index (χ0) is 10.0. The number of aliphatic carboxylic acids is 1. The second kappa shape index (κ2) is 3.89. The lowest BCUT2D eigenvalue weighted by molar-refractivity contribution is -0.138. The number of nitrogens with two attached hydrogens (primary N) is 1. The van der Waals surface area contributed by atoms with E-state index >= 15 is 0 Å². The molecule has 0 aromatic carbocycles. The summed E-state index contributed by atoms with van der Waals surface area (Å²) in [5, 5.41) is 12.5. The molecular formula is C7H10BrN3O2. The Hall–Kier alpha value is -0.880. The molecule has 0 bridgehead atoms. The van der Waals surface area contributed by atoms with E-state index < -0.39 is 12.0 Å². The van der Waals surface area contributed by atoms with Gasteiger partial charge in [0.1, 0.15) is 10.6 Å². The molecule has 6 heteroatoms. The highest BCUT2D eigenvalue weighted by Gasteiger charge is 2.14. The first-order chi connectivity index (χ1) is 6.02. The standard InChI is InChI=1S/C7H10BrN3O2/c1-4-2-10-11(6(4)8)3-5(9)7(12)13/h2,5H,3,9H2,1H3,(H,12,13). The van der Waals surface area contributed by atoms with Gasteiger partial charge >= 0.3 is 5.97 Å². The van der Waals surface area contributed by atoms with Gasteiger partial charge in [0.15, 0.2) is 0 Å². The van der Waals surface area contributed by atoms with Crippen molar-refractivity contribution in [1.82, 2.24) is 9.78 Å². The molecule has 1 heterocycles. The summed E-state index contributed by atoms with van der Waals surface area (Å²) < 4.78 is 2.29. The van der Waals surface area contributed by atoms with Gasteiger partial charge in [-0.05, 0) is 22.9 Å². The molecule has 0 aliphatic carbocycles. The summed E-state index contributed by atoms with van der Waals surface area (Å²) in [4.78, 5) is 10.4. The fraction of sp³-hybridized carbons (Fsp3) is 0.429. The first-order valence-electron chi connectivity index (χ1n) is 3.68. The Morgan fingerprint density at radius 2 is 2.54 bits per heavy atom. The van der Waals surface area contributed by atoms with Crippen molar-refractivity contribution in [2.75, 3.05) is 0 Å². The van der Waals surface area contributed by atoms with E-state index in [0.29, 0.717) is 0 Å². The van der Waals surface area contributed by atoms with E-state index in [1.54, 1.807) is 6.20 Å². The third-order valence-electron chi connectivity index (χ3n) is 1.63. The van der Waals surface area contributed by atoms with Crippen LogP contribution in [0.3, 0.4) is 0 Å². The van der Waals surface area contributed by atoms with Crippen LogP contribution in [0.5, 0.6) is 0 Å². The Labute approximate surface area is 83.7 Å². The Morgan fingerprint density at radius 1 is 1.92 bits per heavy atom. The van der Waals surface area contributed by atoms with Gasteiger partial charge < -0.3 is 10.8 Å². The second-order valence-corrected chi connectivity index (χ2v) is 3.50. The SMILES string of the molecule is Cc1cnn(CC(N)C(=O)O)c1Br. The maximum absolute atomic E-state index is 10.4. The van der Waals surface area contributed by atoms with Crippen molar-refractivity contribution in [3.63, 3.8) is 0 Å². The third kappa shape index (κ3) is 2.28. The van der Waals surface area contributed by atoms with Crippen LogP contribution in [-0.4, -0.2) is 26.9 Å². The summed E-state index contributed by atoms with van der Waals surface area (Å²) in [6, 6.07) is -0.921. The van der Waals surface area contributed by atoms with Crippen LogP contribution in [0.4, 0.5) is 0 Å². The molecule has 0 radical (unpaired) electrons. The largest absolute Gasteiger partial charge is 0.480 e. The van der Waals surface area contributed by atoms with Crippen molar-refractivity contribution in [2.45, 2.75) is 19.5 Å². The number of carbonyl (C=O) groups is 1. The molecule has 5 nitrogen and oxygen atoms in total. The number of aromatic nitrogens is 2. The van der Waals surface area contributed by atoms with Crippen LogP contribution >= 0.6 is 15.9 Å². The van der Waals surface area contributed by atoms with Crippen molar-refractivity contribution in [1.29, 1.82) is 0 Å². The third-order valence-corrected chi connectivity index (χ3v) is 2.66. The Morgan fingerprint density at radius 3 is 2.92 bits per heavy atom. The Balaban J connectivity index is 2.74. The molecule has 0 saturated carbocycles. The Kier molecular flexibility index (Phi) is 3.05. The number of halogens is 1. The highest BCUT2D eigenvalue weighted by atomic mass is 79.9. The van der Waals surface area contributed by atoms with E-state index in [2.05, 4.69) is 21.0 Å². The maximum Gasteiger partial charge on any atom is 0.322 e. The zero-order valence-corrected chi connectivity index (χ0v) is 8.65. The lowest BCUT2D eigenvalue weighted by atomic mass is 10.3. The molecule has 72 valence electrons. The van der Waals surface area contributed by atoms with Gasteiger partial charge in [-0.1, -0.05) is 0 Å². The number of nitrogens with zero attached hydrogens (tertiary/aromatic N) is 2. The Bertz CT molecular complexity index is 324. The number of aryl methyl sites for hydroxylation is 1. The number of carboxylic acid groups (broad SMARTS) is 1. The van der Waals surface area contributed by atoms with E-state index in [1.165, 1.54) is 4.68 Å². The van der Waals surface area contributed by atoms with Gasteiger partial charge in [-0.15, -0.1) is 0 Å². The van der Waals surface area contributed by atoms with E-state index in [9.17, 15) is 4.79 Å². The number of hydrogen-bond acceptors (Lipinski definition) is 3. The summed E-state index contributed by atoms with van der Waals surface area (Å²) in [6.45, 7) is 2.05. The highest BCUT2D eigenvalue weighted by molar-refractivity contribution is 9.10. The number of rotatable bonds is 3. The van der Waals surface area contributed by atoms with Gasteiger partial charge in [0.2, 0.25) is 0 Å². The lowest BCUT2D eigenvalue weighted by Crippen LogP contribution is -2.35. The molecule has 0 aliphatic rings. The molecule has 0 amide bonds. The molecule has 1 aromatic heterocycles. The fourth-order valence-electron chi connectivity index (χ4n) is 0.856. The molecule has 1 unspecified atom stereocenters. The molecule has 1 atom stereocenters. The average Bonchev–Trinajstić information content (AvgIpc) is 2.36. The average molecular weight is 248 g/mol. The minimum atomic E-state index is -1.03. The van der Waals surface area contributed by atoms with Crippen molar-refractivity contribution in [3.8, 4) is 0 Å². The first-order valence-corrected chi connectivity index (χ1v) is 4.48. The van der Waals surface area contributed by atoms with Gasteiger partial charge in [-0.2, -0.15) is 5.10 Å². The zero-order valence-electron chi connectivity index (χ0n) is 7.07. The van der Waals surface area contributed by atoms with Crippen molar-refractivity contribution in [2.24, 2.45) is 5.73 Å². The summed E-state index contributed by atoms with van der Waals surface area (Å²) >= 11 is 3.28. The van der Waals surface area contributed by atoms with Crippen molar-refractivity contribution < 1.29 is 9.90 Å². The molecule has 0 spiro atoms. The van der Waals surface area contributed by atoms with Crippen LogP contribution in [0.25, 0.3) is 0 Å². The molecule has 1 aromatic rings. The quantitative estimate of drug-likeness (QED) is 0.809. The molecular weight excluding hydrogens is 238 g/mol. The van der Waals surface area contributed by atoms with Gasteiger partial charge in [0.05, 0.1) is 12.7 Å².